The standard InChI is InChI=1S/C18H23NO4/c1-3-5-6-7-12-19-17(21)15(16(20)18(19)22)13-8-10-14(11-9-13)23-4-2/h8-11,20H,3-7,12H2,1-2H3. The molecule has 124 valence electrons. The van der Waals surface area contributed by atoms with Crippen molar-refractivity contribution in [2.75, 3.05) is 13.2 Å². The molecule has 0 aliphatic carbocycles. The average Bonchev–Trinajstić information content (AvgIpc) is 2.76. The minimum atomic E-state index is -0.601. The number of benzene rings is 1. The Labute approximate surface area is 136 Å². The minimum absolute atomic E-state index is 0.0774. The molecule has 1 aliphatic heterocycles. The molecule has 0 saturated heterocycles. The molecule has 1 aliphatic rings. The summed E-state index contributed by atoms with van der Waals surface area (Å²) in [5.74, 6) is -0.803. The lowest BCUT2D eigenvalue weighted by Crippen LogP contribution is -2.32. The highest BCUT2D eigenvalue weighted by Crippen LogP contribution is 2.29. The molecule has 1 aromatic rings. The zero-order valence-electron chi connectivity index (χ0n) is 13.7. The van der Waals surface area contributed by atoms with Crippen LogP contribution in [0.4, 0.5) is 0 Å². The number of carbonyl (C=O) groups excluding carboxylic acids is 2. The maximum Gasteiger partial charge on any atom is 0.296 e. The van der Waals surface area contributed by atoms with E-state index >= 15 is 0 Å². The second-order valence-electron chi connectivity index (χ2n) is 5.50. The Hall–Kier alpha value is -2.30. The Kier molecular flexibility index (Phi) is 5.79. The zero-order chi connectivity index (χ0) is 16.8. The van der Waals surface area contributed by atoms with Crippen LogP contribution in [0.3, 0.4) is 0 Å². The summed E-state index contributed by atoms with van der Waals surface area (Å²) in [4.78, 5) is 25.7. The van der Waals surface area contributed by atoms with Crippen molar-refractivity contribution in [1.82, 2.24) is 4.90 Å². The number of hydrogen-bond donors (Lipinski definition) is 1. The summed E-state index contributed by atoms with van der Waals surface area (Å²) in [5.41, 5.74) is 0.605. The van der Waals surface area contributed by atoms with E-state index in [2.05, 4.69) is 6.92 Å². The van der Waals surface area contributed by atoms with Gasteiger partial charge >= 0.3 is 0 Å². The number of nitrogens with zero attached hydrogens (tertiary/aromatic N) is 1. The van der Waals surface area contributed by atoms with E-state index in [1.54, 1.807) is 24.3 Å². The van der Waals surface area contributed by atoms with Crippen LogP contribution in [0.5, 0.6) is 5.75 Å². The van der Waals surface area contributed by atoms with Crippen LogP contribution < -0.4 is 4.74 Å². The zero-order valence-corrected chi connectivity index (χ0v) is 13.7. The molecule has 23 heavy (non-hydrogen) atoms. The molecule has 5 nitrogen and oxygen atoms in total. The number of aliphatic hydroxyl groups excluding tert-OH is 1. The van der Waals surface area contributed by atoms with Gasteiger partial charge in [0.05, 0.1) is 12.2 Å². The summed E-state index contributed by atoms with van der Waals surface area (Å²) in [6.45, 7) is 4.89. The summed E-state index contributed by atoms with van der Waals surface area (Å²) in [7, 11) is 0. The van der Waals surface area contributed by atoms with Gasteiger partial charge in [0, 0.05) is 6.54 Å². The van der Waals surface area contributed by atoms with Crippen molar-refractivity contribution in [1.29, 1.82) is 0 Å². The molecular formula is C18H23NO4. The normalized spacial score (nSPS) is 14.8. The first-order valence-corrected chi connectivity index (χ1v) is 8.12. The van der Waals surface area contributed by atoms with Gasteiger partial charge < -0.3 is 9.84 Å². The number of amides is 2. The number of imide groups is 1. The van der Waals surface area contributed by atoms with Crippen molar-refractivity contribution in [3.05, 3.63) is 35.6 Å². The first-order chi connectivity index (χ1) is 11.1. The predicted molar refractivity (Wildman–Crippen MR) is 88.0 cm³/mol. The topological polar surface area (TPSA) is 66.8 Å². The molecule has 0 bridgehead atoms. The highest BCUT2D eigenvalue weighted by atomic mass is 16.5. The highest BCUT2D eigenvalue weighted by Gasteiger charge is 2.38. The van der Waals surface area contributed by atoms with Crippen molar-refractivity contribution in [2.24, 2.45) is 0 Å². The van der Waals surface area contributed by atoms with Crippen LogP contribution in [0.2, 0.25) is 0 Å². The van der Waals surface area contributed by atoms with Gasteiger partial charge in [-0.3, -0.25) is 14.5 Å². The van der Waals surface area contributed by atoms with Gasteiger partial charge in [-0.2, -0.15) is 0 Å². The van der Waals surface area contributed by atoms with Crippen LogP contribution in [0, 0.1) is 0 Å². The lowest BCUT2D eigenvalue weighted by molar-refractivity contribution is -0.138. The Morgan fingerprint density at radius 1 is 1.00 bits per heavy atom. The number of hydrogen-bond acceptors (Lipinski definition) is 4. The fourth-order valence-corrected chi connectivity index (χ4v) is 2.61. The van der Waals surface area contributed by atoms with Crippen molar-refractivity contribution in [2.45, 2.75) is 39.5 Å². The van der Waals surface area contributed by atoms with Gasteiger partial charge in [0.2, 0.25) is 0 Å². The molecule has 5 heteroatoms. The molecule has 0 aromatic heterocycles. The summed E-state index contributed by atoms with van der Waals surface area (Å²) < 4.78 is 5.35. The van der Waals surface area contributed by atoms with Crippen LogP contribution in [-0.4, -0.2) is 35.0 Å². The molecule has 1 N–H and O–H groups in total. The van der Waals surface area contributed by atoms with Gasteiger partial charge in [0.15, 0.2) is 5.76 Å². The fraction of sp³-hybridized carbons (Fsp3) is 0.444. The van der Waals surface area contributed by atoms with E-state index < -0.39 is 17.6 Å². The van der Waals surface area contributed by atoms with Crippen LogP contribution in [0.15, 0.2) is 30.0 Å². The third kappa shape index (κ3) is 3.73. The molecule has 0 unspecified atom stereocenters. The van der Waals surface area contributed by atoms with Gasteiger partial charge in [-0.15, -0.1) is 0 Å². The lowest BCUT2D eigenvalue weighted by atomic mass is 10.1. The third-order valence-electron chi connectivity index (χ3n) is 3.83. The van der Waals surface area contributed by atoms with E-state index in [1.807, 2.05) is 6.92 Å². The predicted octanol–water partition coefficient (Wildman–Crippen LogP) is 3.30. The summed E-state index contributed by atoms with van der Waals surface area (Å²) in [5, 5.41) is 10.1. The number of aliphatic hydroxyl groups is 1. The van der Waals surface area contributed by atoms with Gasteiger partial charge in [-0.1, -0.05) is 38.3 Å². The lowest BCUT2D eigenvalue weighted by Gasteiger charge is -2.14. The van der Waals surface area contributed by atoms with Crippen LogP contribution >= 0.6 is 0 Å². The molecule has 1 aromatic carbocycles. The van der Waals surface area contributed by atoms with Crippen LogP contribution in [0.25, 0.3) is 5.57 Å². The second-order valence-corrected chi connectivity index (χ2v) is 5.50. The monoisotopic (exact) mass is 317 g/mol. The smallest absolute Gasteiger partial charge is 0.296 e. The highest BCUT2D eigenvalue weighted by molar-refractivity contribution is 6.34. The van der Waals surface area contributed by atoms with E-state index in [-0.39, 0.29) is 5.57 Å². The molecule has 0 radical (unpaired) electrons. The van der Waals surface area contributed by atoms with Gasteiger partial charge in [0.1, 0.15) is 5.75 Å². The molecule has 0 atom stereocenters. The minimum Gasteiger partial charge on any atom is -0.502 e. The van der Waals surface area contributed by atoms with Gasteiger partial charge in [0.25, 0.3) is 11.8 Å². The number of ether oxygens (including phenoxy) is 1. The van der Waals surface area contributed by atoms with E-state index in [4.69, 9.17) is 4.74 Å². The number of rotatable bonds is 8. The summed E-state index contributed by atoms with van der Waals surface area (Å²) >= 11 is 0. The first kappa shape index (κ1) is 17.1. The van der Waals surface area contributed by atoms with E-state index in [1.165, 1.54) is 0 Å². The molecule has 0 saturated carbocycles. The van der Waals surface area contributed by atoms with Crippen LogP contribution in [0.1, 0.15) is 45.1 Å². The molecule has 0 spiro atoms. The van der Waals surface area contributed by atoms with E-state index in [0.29, 0.717) is 24.5 Å². The molecule has 0 fully saturated rings. The maximum absolute atomic E-state index is 12.5. The summed E-state index contributed by atoms with van der Waals surface area (Å²) in [6.07, 6.45) is 3.88. The quantitative estimate of drug-likeness (QED) is 0.590. The average molecular weight is 317 g/mol. The van der Waals surface area contributed by atoms with E-state index in [0.717, 1.165) is 30.6 Å². The molecule has 2 amide bonds. The van der Waals surface area contributed by atoms with E-state index in [9.17, 15) is 14.7 Å². The maximum atomic E-state index is 12.5. The Bertz CT molecular complexity index is 604. The van der Waals surface area contributed by atoms with Gasteiger partial charge in [-0.05, 0) is 31.0 Å². The van der Waals surface area contributed by atoms with Crippen molar-refractivity contribution >= 4 is 17.4 Å². The van der Waals surface area contributed by atoms with Crippen molar-refractivity contribution in [3.8, 4) is 5.75 Å². The first-order valence-electron chi connectivity index (χ1n) is 8.12. The summed E-state index contributed by atoms with van der Waals surface area (Å²) in [6, 6.07) is 6.81. The Morgan fingerprint density at radius 3 is 2.30 bits per heavy atom. The molecule has 1 heterocycles. The SMILES string of the molecule is CCCCCCN1C(=O)C(O)=C(c2ccc(OCC)cc2)C1=O. The fourth-order valence-electron chi connectivity index (χ4n) is 2.61. The van der Waals surface area contributed by atoms with Crippen molar-refractivity contribution in [3.63, 3.8) is 0 Å². The second kappa shape index (κ2) is 7.81. The number of carbonyl (C=O) groups is 2. The third-order valence-corrected chi connectivity index (χ3v) is 3.83. The van der Waals surface area contributed by atoms with Crippen molar-refractivity contribution < 1.29 is 19.4 Å². The largest absolute Gasteiger partial charge is 0.502 e. The molecule has 2 rings (SSSR count). The molecular weight excluding hydrogens is 294 g/mol. The Balaban J connectivity index is 2.12. The number of unbranched alkanes of at least 4 members (excludes halogenated alkanes) is 3. The van der Waals surface area contributed by atoms with Gasteiger partial charge in [-0.25, -0.2) is 0 Å². The van der Waals surface area contributed by atoms with Crippen LogP contribution in [-0.2, 0) is 9.59 Å². The Morgan fingerprint density at radius 2 is 1.70 bits per heavy atom.